The Bertz CT molecular complexity index is 683. The minimum atomic E-state index is -0.513. The topological polar surface area (TPSA) is 69.4 Å². The van der Waals surface area contributed by atoms with Crippen LogP contribution in [0.1, 0.15) is 22.2 Å². The standard InChI is InChI=1S/C14H12ClNO4S/c1-2-9-3-4-12(10(7-9)16(18)19)20-8-11(17)13-5-6-14(15)21-13/h3-7H,2,8H2,1H3. The van der Waals surface area contributed by atoms with Gasteiger partial charge in [-0.25, -0.2) is 0 Å². The van der Waals surface area contributed by atoms with Crippen molar-refractivity contribution in [1.82, 2.24) is 0 Å². The van der Waals surface area contributed by atoms with Crippen molar-refractivity contribution in [1.29, 1.82) is 0 Å². The zero-order valence-electron chi connectivity index (χ0n) is 11.2. The average Bonchev–Trinajstić information content (AvgIpc) is 2.91. The molecule has 0 saturated carbocycles. The maximum absolute atomic E-state index is 11.9. The van der Waals surface area contributed by atoms with Crippen molar-refractivity contribution in [2.24, 2.45) is 0 Å². The molecule has 0 radical (unpaired) electrons. The van der Waals surface area contributed by atoms with E-state index in [2.05, 4.69) is 0 Å². The smallest absolute Gasteiger partial charge is 0.311 e. The van der Waals surface area contributed by atoms with E-state index in [-0.39, 0.29) is 23.8 Å². The number of Topliss-reactive ketones (excluding diaryl/α,β-unsaturated/α-hetero) is 1. The van der Waals surface area contributed by atoms with E-state index in [1.54, 1.807) is 18.2 Å². The third-order valence-electron chi connectivity index (χ3n) is 2.84. The van der Waals surface area contributed by atoms with E-state index in [1.807, 2.05) is 6.92 Å². The number of nitrogens with zero attached hydrogens (tertiary/aromatic N) is 1. The number of carbonyl (C=O) groups is 1. The van der Waals surface area contributed by atoms with E-state index in [0.29, 0.717) is 15.6 Å². The SMILES string of the molecule is CCc1ccc(OCC(=O)c2ccc(Cl)s2)c([N+](=O)[O-])c1. The first kappa shape index (κ1) is 15.5. The molecule has 0 aliphatic carbocycles. The summed E-state index contributed by atoms with van der Waals surface area (Å²) < 4.78 is 5.81. The summed E-state index contributed by atoms with van der Waals surface area (Å²) in [6.45, 7) is 1.65. The Balaban J connectivity index is 2.12. The fourth-order valence-electron chi connectivity index (χ4n) is 1.73. The van der Waals surface area contributed by atoms with Gasteiger partial charge < -0.3 is 4.74 Å². The van der Waals surface area contributed by atoms with Crippen molar-refractivity contribution >= 4 is 34.4 Å². The molecule has 110 valence electrons. The number of ether oxygens (including phenoxy) is 1. The first-order chi connectivity index (χ1) is 10.0. The molecular formula is C14H12ClNO4S. The highest BCUT2D eigenvalue weighted by molar-refractivity contribution is 7.18. The average molecular weight is 326 g/mol. The van der Waals surface area contributed by atoms with Crippen LogP contribution in [0.3, 0.4) is 0 Å². The van der Waals surface area contributed by atoms with Crippen LogP contribution < -0.4 is 4.74 Å². The van der Waals surface area contributed by atoms with Crippen LogP contribution in [-0.2, 0) is 6.42 Å². The van der Waals surface area contributed by atoms with Crippen LogP contribution in [-0.4, -0.2) is 17.3 Å². The Labute approximate surface area is 130 Å². The molecule has 7 heteroatoms. The quantitative estimate of drug-likeness (QED) is 0.455. The van der Waals surface area contributed by atoms with Crippen molar-refractivity contribution in [3.63, 3.8) is 0 Å². The number of thiophene rings is 1. The highest BCUT2D eigenvalue weighted by atomic mass is 35.5. The van der Waals surface area contributed by atoms with E-state index in [0.717, 1.165) is 16.9 Å². The van der Waals surface area contributed by atoms with Gasteiger partial charge in [0.1, 0.15) is 0 Å². The molecule has 1 heterocycles. The largest absolute Gasteiger partial charge is 0.478 e. The van der Waals surface area contributed by atoms with E-state index >= 15 is 0 Å². The number of aryl methyl sites for hydroxylation is 1. The number of hydrogen-bond donors (Lipinski definition) is 0. The summed E-state index contributed by atoms with van der Waals surface area (Å²) in [5.74, 6) is -0.172. The first-order valence-electron chi connectivity index (χ1n) is 6.20. The first-order valence-corrected chi connectivity index (χ1v) is 7.39. The van der Waals surface area contributed by atoms with E-state index < -0.39 is 4.92 Å². The molecule has 2 rings (SSSR count). The predicted molar refractivity (Wildman–Crippen MR) is 81.6 cm³/mol. The molecule has 5 nitrogen and oxygen atoms in total. The Morgan fingerprint density at radius 3 is 2.71 bits per heavy atom. The molecule has 0 amide bonds. The maximum atomic E-state index is 11.9. The molecule has 2 aromatic rings. The summed E-state index contributed by atoms with van der Waals surface area (Å²) in [5, 5.41) is 11.0. The summed E-state index contributed by atoms with van der Waals surface area (Å²) in [6.07, 6.45) is 0.688. The maximum Gasteiger partial charge on any atom is 0.311 e. The van der Waals surface area contributed by atoms with Crippen LogP contribution in [0, 0.1) is 10.1 Å². The molecule has 0 spiro atoms. The second-order valence-electron chi connectivity index (χ2n) is 4.23. The summed E-state index contributed by atoms with van der Waals surface area (Å²) in [4.78, 5) is 22.9. The second kappa shape index (κ2) is 6.69. The Morgan fingerprint density at radius 1 is 1.38 bits per heavy atom. The van der Waals surface area contributed by atoms with Crippen LogP contribution in [0.15, 0.2) is 30.3 Å². The van der Waals surface area contributed by atoms with Gasteiger partial charge >= 0.3 is 5.69 Å². The van der Waals surface area contributed by atoms with E-state index in [9.17, 15) is 14.9 Å². The summed E-state index contributed by atoms with van der Waals surface area (Å²) >= 11 is 6.91. The monoisotopic (exact) mass is 325 g/mol. The van der Waals surface area contributed by atoms with Gasteiger partial charge in [-0.05, 0) is 30.2 Å². The number of carbonyl (C=O) groups excluding carboxylic acids is 1. The molecule has 1 aromatic carbocycles. The van der Waals surface area contributed by atoms with Gasteiger partial charge in [0.25, 0.3) is 0 Å². The minimum absolute atomic E-state index is 0.0909. The van der Waals surface area contributed by atoms with Crippen LogP contribution >= 0.6 is 22.9 Å². The second-order valence-corrected chi connectivity index (χ2v) is 5.94. The highest BCUT2D eigenvalue weighted by Crippen LogP contribution is 2.29. The molecule has 0 aliphatic heterocycles. The molecular weight excluding hydrogens is 314 g/mol. The van der Waals surface area contributed by atoms with Crippen molar-refractivity contribution in [2.75, 3.05) is 6.61 Å². The van der Waals surface area contributed by atoms with Gasteiger partial charge in [-0.3, -0.25) is 14.9 Å². The van der Waals surface area contributed by atoms with Crippen LogP contribution in [0.25, 0.3) is 0 Å². The lowest BCUT2D eigenvalue weighted by atomic mass is 10.1. The van der Waals surface area contributed by atoms with E-state index in [4.69, 9.17) is 16.3 Å². The zero-order valence-corrected chi connectivity index (χ0v) is 12.7. The van der Waals surface area contributed by atoms with Gasteiger partial charge in [-0.1, -0.05) is 24.6 Å². The van der Waals surface area contributed by atoms with Crippen LogP contribution in [0.5, 0.6) is 5.75 Å². The lowest BCUT2D eigenvalue weighted by Gasteiger charge is -2.06. The summed E-state index contributed by atoms with van der Waals surface area (Å²) in [6, 6.07) is 7.95. The third-order valence-corrected chi connectivity index (χ3v) is 4.11. The molecule has 0 saturated heterocycles. The number of benzene rings is 1. The van der Waals surface area contributed by atoms with Gasteiger partial charge in [0.2, 0.25) is 5.78 Å². The Morgan fingerprint density at radius 2 is 2.14 bits per heavy atom. The van der Waals surface area contributed by atoms with Gasteiger partial charge in [0.15, 0.2) is 12.4 Å². The zero-order chi connectivity index (χ0) is 15.4. The lowest BCUT2D eigenvalue weighted by Crippen LogP contribution is -2.11. The van der Waals surface area contributed by atoms with Gasteiger partial charge in [-0.15, -0.1) is 11.3 Å². The van der Waals surface area contributed by atoms with Crippen LogP contribution in [0.4, 0.5) is 5.69 Å². The molecule has 0 atom stereocenters. The summed E-state index contributed by atoms with van der Waals surface area (Å²) in [5.41, 5.74) is 0.705. The van der Waals surface area contributed by atoms with Crippen LogP contribution in [0.2, 0.25) is 4.34 Å². The number of halogens is 1. The fourth-order valence-corrected chi connectivity index (χ4v) is 2.69. The minimum Gasteiger partial charge on any atom is -0.478 e. The predicted octanol–water partition coefficient (Wildman–Crippen LogP) is 4.13. The molecule has 0 bridgehead atoms. The third kappa shape index (κ3) is 3.80. The van der Waals surface area contributed by atoms with Crippen molar-refractivity contribution in [3.05, 3.63) is 55.2 Å². The number of ketones is 1. The molecule has 21 heavy (non-hydrogen) atoms. The Kier molecular flexibility index (Phi) is 4.93. The number of nitro benzene ring substituents is 1. The molecule has 0 N–H and O–H groups in total. The summed E-state index contributed by atoms with van der Waals surface area (Å²) in [7, 11) is 0. The van der Waals surface area contributed by atoms with Crippen molar-refractivity contribution in [3.8, 4) is 5.75 Å². The highest BCUT2D eigenvalue weighted by Gasteiger charge is 2.17. The van der Waals surface area contributed by atoms with Gasteiger partial charge in [0.05, 0.1) is 14.1 Å². The normalized spacial score (nSPS) is 10.4. The molecule has 0 unspecified atom stereocenters. The molecule has 0 aliphatic rings. The fraction of sp³-hybridized carbons (Fsp3) is 0.214. The number of rotatable bonds is 6. The van der Waals surface area contributed by atoms with Gasteiger partial charge in [0, 0.05) is 6.07 Å². The van der Waals surface area contributed by atoms with Gasteiger partial charge in [-0.2, -0.15) is 0 Å². The molecule has 0 fully saturated rings. The lowest BCUT2D eigenvalue weighted by molar-refractivity contribution is -0.385. The van der Waals surface area contributed by atoms with E-state index in [1.165, 1.54) is 12.1 Å². The van der Waals surface area contributed by atoms with Crippen molar-refractivity contribution in [2.45, 2.75) is 13.3 Å². The van der Waals surface area contributed by atoms with Crippen molar-refractivity contribution < 1.29 is 14.5 Å². The molecule has 1 aromatic heterocycles. The number of hydrogen-bond acceptors (Lipinski definition) is 5. The number of nitro groups is 1. The Hall–Kier alpha value is -1.92.